The SMILES string of the molecule is CCc1cc(Nc2nccn3c(-c4ccc(-c5c[nH]nc5C)c(F)c4F)cnc23)ccc1C(=O)NCC1CC[N+](CC(=O)O)(CC(=O)O)CC1. The third kappa shape index (κ3) is 6.89. The number of carboxylic acid groups (broad SMARTS) is 2. The van der Waals surface area contributed by atoms with E-state index in [1.54, 1.807) is 29.7 Å². The van der Waals surface area contributed by atoms with Crippen molar-refractivity contribution in [2.24, 2.45) is 5.92 Å². The summed E-state index contributed by atoms with van der Waals surface area (Å²) in [5.74, 6) is -3.81. The molecule has 2 aromatic carbocycles. The second kappa shape index (κ2) is 14.0. The van der Waals surface area contributed by atoms with E-state index in [2.05, 4.69) is 30.8 Å². The lowest BCUT2D eigenvalue weighted by Gasteiger charge is -2.41. The quantitative estimate of drug-likeness (QED) is 0.115. The van der Waals surface area contributed by atoms with E-state index in [1.165, 1.54) is 30.7 Å². The molecule has 0 radical (unpaired) electrons. The van der Waals surface area contributed by atoms with Gasteiger partial charge in [-0.05, 0) is 49.1 Å². The predicted molar refractivity (Wildman–Crippen MR) is 180 cm³/mol. The summed E-state index contributed by atoms with van der Waals surface area (Å²) in [6.07, 6.45) is 7.90. The molecule has 4 heterocycles. The zero-order chi connectivity index (χ0) is 35.6. The minimum Gasteiger partial charge on any atom is -0.477 e. The summed E-state index contributed by atoms with van der Waals surface area (Å²) in [4.78, 5) is 44.9. The number of carbonyl (C=O) groups is 3. The monoisotopic (exact) mass is 687 g/mol. The summed E-state index contributed by atoms with van der Waals surface area (Å²) >= 11 is 0. The first kappa shape index (κ1) is 34.2. The standard InChI is InChI=1S/C35H36F2N8O5/c1-3-22-14-23(4-5-24(22)35(50)40-15-21-8-12-45(13-9-21,18-29(46)47)19-30(48)49)42-33-34-39-17-28(44(34)11-10-38-33)26-7-6-25(31(36)32(26)37)27-16-41-43-20(27)2/h4-7,10-11,14,16-17,21H,3,8-9,12-13,15,18-19H2,1-2H3,(H4-,38,40,41,42,43,46,47,48,49,50)/p+1. The minimum absolute atomic E-state index is 0.00124. The normalized spacial score (nSPS) is 14.5. The van der Waals surface area contributed by atoms with E-state index >= 15 is 8.78 Å². The number of hydrogen-bond acceptors (Lipinski definition) is 7. The number of nitrogens with zero attached hydrogens (tertiary/aromatic N) is 5. The second-order valence-corrected chi connectivity index (χ2v) is 12.7. The number of H-pyrrole nitrogens is 1. The molecule has 13 nitrogen and oxygen atoms in total. The van der Waals surface area contributed by atoms with Crippen LogP contribution in [0.25, 0.3) is 28.0 Å². The van der Waals surface area contributed by atoms with Crippen LogP contribution in [-0.2, 0) is 16.0 Å². The molecule has 3 aromatic heterocycles. The topological polar surface area (TPSA) is 175 Å². The molecule has 6 rings (SSSR count). The first-order chi connectivity index (χ1) is 24.0. The largest absolute Gasteiger partial charge is 0.477 e. The molecule has 1 aliphatic heterocycles. The predicted octanol–water partition coefficient (Wildman–Crippen LogP) is 4.80. The van der Waals surface area contributed by atoms with Crippen LogP contribution in [0, 0.1) is 24.5 Å². The van der Waals surface area contributed by atoms with Crippen molar-refractivity contribution in [3.05, 3.63) is 83.6 Å². The molecule has 1 amide bonds. The van der Waals surface area contributed by atoms with Gasteiger partial charge < -0.3 is 25.3 Å². The molecule has 0 unspecified atom stereocenters. The van der Waals surface area contributed by atoms with E-state index in [0.717, 1.165) is 5.56 Å². The van der Waals surface area contributed by atoms with Crippen LogP contribution >= 0.6 is 0 Å². The van der Waals surface area contributed by atoms with Gasteiger partial charge in [-0.2, -0.15) is 5.10 Å². The molecule has 0 bridgehead atoms. The van der Waals surface area contributed by atoms with E-state index in [0.29, 0.717) is 78.6 Å². The number of aliphatic carboxylic acids is 2. The first-order valence-electron chi connectivity index (χ1n) is 16.3. The number of hydrogen-bond donors (Lipinski definition) is 5. The highest BCUT2D eigenvalue weighted by molar-refractivity contribution is 5.96. The van der Waals surface area contributed by atoms with Crippen molar-refractivity contribution in [2.75, 3.05) is 38.0 Å². The number of aryl methyl sites for hydroxylation is 2. The fraction of sp³-hybridized carbons (Fsp3) is 0.314. The molecule has 1 saturated heterocycles. The number of carbonyl (C=O) groups excluding carboxylic acids is 1. The molecule has 5 N–H and O–H groups in total. The molecule has 0 atom stereocenters. The van der Waals surface area contributed by atoms with E-state index in [4.69, 9.17) is 0 Å². The summed E-state index contributed by atoms with van der Waals surface area (Å²) in [5.41, 5.74) is 3.84. The van der Waals surface area contributed by atoms with E-state index < -0.39 is 23.6 Å². The lowest BCUT2D eigenvalue weighted by Crippen LogP contribution is -2.58. The first-order valence-corrected chi connectivity index (χ1v) is 16.3. The van der Waals surface area contributed by atoms with Crippen LogP contribution < -0.4 is 10.6 Å². The number of likely N-dealkylation sites (tertiary alicyclic amines) is 1. The number of carboxylic acids is 2. The van der Waals surface area contributed by atoms with Gasteiger partial charge in [0.1, 0.15) is 0 Å². The Morgan fingerprint density at radius 2 is 1.70 bits per heavy atom. The van der Waals surface area contributed by atoms with E-state index in [-0.39, 0.29) is 40.5 Å². The number of anilines is 2. The van der Waals surface area contributed by atoms with E-state index in [9.17, 15) is 24.6 Å². The van der Waals surface area contributed by atoms with E-state index in [1.807, 2.05) is 13.0 Å². The third-order valence-corrected chi connectivity index (χ3v) is 9.42. The highest BCUT2D eigenvalue weighted by Crippen LogP contribution is 2.34. The molecule has 50 heavy (non-hydrogen) atoms. The van der Waals surface area contributed by atoms with Gasteiger partial charge in [-0.3, -0.25) is 14.3 Å². The Morgan fingerprint density at radius 3 is 2.36 bits per heavy atom. The molecular formula is C35H37F2N8O5+. The fourth-order valence-corrected chi connectivity index (χ4v) is 6.77. The van der Waals surface area contributed by atoms with Gasteiger partial charge in [-0.25, -0.2) is 28.3 Å². The molecule has 0 spiro atoms. The maximum atomic E-state index is 15.4. The van der Waals surface area contributed by atoms with Crippen molar-refractivity contribution in [3.8, 4) is 22.4 Å². The minimum atomic E-state index is -1.03. The summed E-state index contributed by atoms with van der Waals surface area (Å²) in [5, 5.41) is 31.5. The lowest BCUT2D eigenvalue weighted by atomic mass is 9.94. The molecule has 1 fully saturated rings. The van der Waals surface area contributed by atoms with Crippen molar-refractivity contribution in [1.82, 2.24) is 29.9 Å². The van der Waals surface area contributed by atoms with Crippen molar-refractivity contribution in [3.63, 3.8) is 0 Å². The van der Waals surface area contributed by atoms with Gasteiger partial charge in [0.25, 0.3) is 5.91 Å². The van der Waals surface area contributed by atoms with Gasteiger partial charge in [0.05, 0.1) is 30.7 Å². The van der Waals surface area contributed by atoms with Crippen LogP contribution in [0.5, 0.6) is 0 Å². The Morgan fingerprint density at radius 1 is 1.00 bits per heavy atom. The average molecular weight is 688 g/mol. The third-order valence-electron chi connectivity index (χ3n) is 9.42. The highest BCUT2D eigenvalue weighted by atomic mass is 19.2. The van der Waals surface area contributed by atoms with Gasteiger partial charge in [0.2, 0.25) is 0 Å². The molecular weight excluding hydrogens is 650 g/mol. The number of amides is 1. The van der Waals surface area contributed by atoms with Crippen molar-refractivity contribution in [2.45, 2.75) is 33.1 Å². The zero-order valence-corrected chi connectivity index (χ0v) is 27.5. The van der Waals surface area contributed by atoms with Gasteiger partial charge >= 0.3 is 11.9 Å². The molecule has 0 aliphatic carbocycles. The van der Waals surface area contributed by atoms with Crippen LogP contribution in [-0.4, -0.2) is 89.8 Å². The van der Waals surface area contributed by atoms with Crippen molar-refractivity contribution >= 4 is 35.0 Å². The van der Waals surface area contributed by atoms with Crippen LogP contribution in [0.1, 0.15) is 41.4 Å². The van der Waals surface area contributed by atoms with Crippen molar-refractivity contribution < 1.29 is 37.9 Å². The highest BCUT2D eigenvalue weighted by Gasteiger charge is 2.38. The van der Waals surface area contributed by atoms with Crippen LogP contribution in [0.2, 0.25) is 0 Å². The number of imidazole rings is 1. The fourth-order valence-electron chi connectivity index (χ4n) is 6.77. The number of quaternary nitrogens is 1. The second-order valence-electron chi connectivity index (χ2n) is 12.7. The maximum Gasteiger partial charge on any atom is 0.359 e. The van der Waals surface area contributed by atoms with Gasteiger partial charge in [0, 0.05) is 65.9 Å². The van der Waals surface area contributed by atoms with Gasteiger partial charge in [-0.1, -0.05) is 13.0 Å². The van der Waals surface area contributed by atoms with Gasteiger partial charge in [-0.15, -0.1) is 0 Å². The molecule has 5 aromatic rings. The van der Waals surface area contributed by atoms with Crippen molar-refractivity contribution in [1.29, 1.82) is 0 Å². The Labute approximate surface area is 285 Å². The number of rotatable bonds is 12. The Hall–Kier alpha value is -5.70. The summed E-state index contributed by atoms with van der Waals surface area (Å²) in [6, 6.07) is 8.34. The van der Waals surface area contributed by atoms with Crippen LogP contribution in [0.4, 0.5) is 20.3 Å². The molecule has 1 aliphatic rings. The molecule has 260 valence electrons. The van der Waals surface area contributed by atoms with Crippen LogP contribution in [0.3, 0.4) is 0 Å². The number of aromatic nitrogens is 5. The Bertz CT molecular complexity index is 2070. The number of aromatic amines is 1. The Balaban J connectivity index is 1.15. The zero-order valence-electron chi connectivity index (χ0n) is 27.5. The summed E-state index contributed by atoms with van der Waals surface area (Å²) in [6.45, 7) is 4.40. The number of benzene rings is 2. The summed E-state index contributed by atoms with van der Waals surface area (Å²) < 4.78 is 32.3. The molecule has 15 heteroatoms. The molecule has 0 saturated carbocycles. The average Bonchev–Trinajstić information content (AvgIpc) is 3.71. The Kier molecular flexibility index (Phi) is 9.59. The number of fused-ring (bicyclic) bond motifs is 1. The maximum absolute atomic E-state index is 15.4. The lowest BCUT2D eigenvalue weighted by molar-refractivity contribution is -0.920. The number of nitrogens with one attached hydrogen (secondary N) is 3. The summed E-state index contributed by atoms with van der Waals surface area (Å²) in [7, 11) is 0. The van der Waals surface area contributed by atoms with Crippen LogP contribution in [0.15, 0.2) is 55.1 Å². The smallest absolute Gasteiger partial charge is 0.359 e. The van der Waals surface area contributed by atoms with Gasteiger partial charge in [0.15, 0.2) is 36.2 Å². The number of halogens is 2. The number of piperidine rings is 1.